The van der Waals surface area contributed by atoms with E-state index in [4.69, 9.17) is 9.72 Å². The Labute approximate surface area is 206 Å². The molecular weight excluding hydrogens is 440 g/mol. The van der Waals surface area contributed by atoms with Crippen LogP contribution in [-0.4, -0.2) is 26.3 Å². The van der Waals surface area contributed by atoms with Crippen LogP contribution >= 0.6 is 0 Å². The first kappa shape index (κ1) is 24.8. The molecule has 0 aliphatic heterocycles. The molecule has 3 aromatic rings. The zero-order chi connectivity index (χ0) is 25.4. The largest absolute Gasteiger partial charge is 0.445 e. The normalized spacial score (nSPS) is 17.8. The summed E-state index contributed by atoms with van der Waals surface area (Å²) in [6, 6.07) is 13.4. The zero-order valence-electron chi connectivity index (χ0n) is 21.6. The van der Waals surface area contributed by atoms with Crippen LogP contribution in [0.3, 0.4) is 0 Å². The average molecular weight is 477 g/mol. The predicted octanol–water partition coefficient (Wildman–Crippen LogP) is 5.28. The number of allylic oxidation sites excluding steroid dienone is 1. The lowest BCUT2D eigenvalue weighted by molar-refractivity contribution is 0.127. The van der Waals surface area contributed by atoms with Gasteiger partial charge in [0.2, 0.25) is 0 Å². The number of benzene rings is 1. The first-order valence-electron chi connectivity index (χ1n) is 12.2. The quantitative estimate of drug-likeness (QED) is 0.543. The third-order valence-electron chi connectivity index (χ3n) is 6.68. The second kappa shape index (κ2) is 9.36. The highest BCUT2D eigenvalue weighted by atomic mass is 16.5. The van der Waals surface area contributed by atoms with E-state index in [0.29, 0.717) is 12.2 Å². The number of pyridine rings is 1. The van der Waals surface area contributed by atoms with Gasteiger partial charge in [-0.25, -0.2) is 14.6 Å². The minimum absolute atomic E-state index is 0.0255. The smallest absolute Gasteiger partial charge is 0.407 e. The van der Waals surface area contributed by atoms with Gasteiger partial charge in [-0.3, -0.25) is 9.13 Å². The number of imidazole rings is 1. The van der Waals surface area contributed by atoms with Crippen LogP contribution in [0.2, 0.25) is 0 Å². The first-order chi connectivity index (χ1) is 16.4. The number of hydrogen-bond donors (Lipinski definition) is 1. The molecule has 0 saturated heterocycles. The van der Waals surface area contributed by atoms with E-state index in [9.17, 15) is 9.59 Å². The number of amides is 1. The van der Waals surface area contributed by atoms with Crippen molar-refractivity contribution in [2.24, 2.45) is 17.9 Å². The number of fused-ring (bicyclic) bond motifs is 1. The molecule has 7 nitrogen and oxygen atoms in total. The van der Waals surface area contributed by atoms with Gasteiger partial charge in [0.1, 0.15) is 6.61 Å². The second-order valence-corrected chi connectivity index (χ2v) is 11.4. The van der Waals surface area contributed by atoms with E-state index in [2.05, 4.69) is 46.0 Å². The zero-order valence-corrected chi connectivity index (χ0v) is 21.6. The standard InChI is InChI=1S/C28H36N4O3/c1-27(2,3)18-32-22-13-12-21(29-24(22)31(6)26(32)34)20-14-15-28(4,5)23(16-20)30-25(33)35-17-19-10-8-7-9-11-19/h7-13,16,23H,14-15,17-18H2,1-6H3,(H,30,33). The lowest BCUT2D eigenvalue weighted by Gasteiger charge is -2.37. The molecule has 1 amide bonds. The summed E-state index contributed by atoms with van der Waals surface area (Å²) in [5.74, 6) is 0. The molecule has 186 valence electrons. The fourth-order valence-corrected chi connectivity index (χ4v) is 4.54. The van der Waals surface area contributed by atoms with Crippen LogP contribution in [0.25, 0.3) is 16.7 Å². The van der Waals surface area contributed by atoms with E-state index in [0.717, 1.165) is 35.2 Å². The van der Waals surface area contributed by atoms with Crippen molar-refractivity contribution in [1.82, 2.24) is 19.4 Å². The number of aryl methyl sites for hydroxylation is 1. The van der Waals surface area contributed by atoms with Crippen LogP contribution in [0.5, 0.6) is 0 Å². The summed E-state index contributed by atoms with van der Waals surface area (Å²) in [6.07, 6.45) is 3.39. The fraction of sp³-hybridized carbons (Fsp3) is 0.464. The van der Waals surface area contributed by atoms with Gasteiger partial charge in [-0.05, 0) is 46.9 Å². The monoisotopic (exact) mass is 476 g/mol. The third kappa shape index (κ3) is 5.50. The summed E-state index contributed by atoms with van der Waals surface area (Å²) in [7, 11) is 1.77. The van der Waals surface area contributed by atoms with Crippen LogP contribution in [0.1, 0.15) is 58.7 Å². The Morgan fingerprint density at radius 3 is 2.57 bits per heavy atom. The van der Waals surface area contributed by atoms with E-state index < -0.39 is 6.09 Å². The summed E-state index contributed by atoms with van der Waals surface area (Å²) in [6.45, 7) is 11.5. The topological polar surface area (TPSA) is 78.2 Å². The molecule has 1 aliphatic rings. The minimum atomic E-state index is -0.436. The van der Waals surface area contributed by atoms with Crippen molar-refractivity contribution in [2.75, 3.05) is 0 Å². The van der Waals surface area contributed by atoms with E-state index in [1.807, 2.05) is 42.5 Å². The van der Waals surface area contributed by atoms with Crippen LogP contribution in [-0.2, 0) is 24.9 Å². The van der Waals surface area contributed by atoms with Crippen molar-refractivity contribution in [3.05, 3.63) is 70.3 Å². The maximum Gasteiger partial charge on any atom is 0.407 e. The first-order valence-corrected chi connectivity index (χ1v) is 12.2. The number of hydrogen-bond acceptors (Lipinski definition) is 4. The highest BCUT2D eigenvalue weighted by Gasteiger charge is 2.34. The van der Waals surface area contributed by atoms with Gasteiger partial charge in [-0.15, -0.1) is 0 Å². The molecule has 35 heavy (non-hydrogen) atoms. The van der Waals surface area contributed by atoms with E-state index >= 15 is 0 Å². The Balaban J connectivity index is 1.58. The maximum absolute atomic E-state index is 12.9. The van der Waals surface area contributed by atoms with E-state index in [1.165, 1.54) is 0 Å². The molecule has 0 radical (unpaired) electrons. The number of alkyl carbamates (subject to hydrolysis) is 1. The van der Waals surface area contributed by atoms with Gasteiger partial charge in [0.25, 0.3) is 0 Å². The molecule has 2 aromatic heterocycles. The van der Waals surface area contributed by atoms with Crippen molar-refractivity contribution in [1.29, 1.82) is 0 Å². The van der Waals surface area contributed by atoms with Gasteiger partial charge in [0.15, 0.2) is 5.65 Å². The second-order valence-electron chi connectivity index (χ2n) is 11.4. The molecule has 0 spiro atoms. The van der Waals surface area contributed by atoms with Crippen LogP contribution in [0.4, 0.5) is 4.79 Å². The van der Waals surface area contributed by atoms with Gasteiger partial charge in [0.05, 0.1) is 17.3 Å². The molecule has 4 rings (SSSR count). The summed E-state index contributed by atoms with van der Waals surface area (Å²) in [5.41, 5.74) is 4.16. The summed E-state index contributed by atoms with van der Waals surface area (Å²) in [5, 5.41) is 3.04. The van der Waals surface area contributed by atoms with Crippen LogP contribution < -0.4 is 11.0 Å². The van der Waals surface area contributed by atoms with Crippen molar-refractivity contribution < 1.29 is 9.53 Å². The summed E-state index contributed by atoms with van der Waals surface area (Å²) >= 11 is 0. The molecule has 1 aliphatic carbocycles. The molecule has 1 aromatic carbocycles. The average Bonchev–Trinajstić information content (AvgIpc) is 3.03. The maximum atomic E-state index is 12.9. The molecular formula is C28H36N4O3. The molecule has 7 heteroatoms. The van der Waals surface area contributed by atoms with E-state index in [-0.39, 0.29) is 29.2 Å². The Bertz CT molecular complexity index is 1310. The third-order valence-corrected chi connectivity index (χ3v) is 6.68. The predicted molar refractivity (Wildman–Crippen MR) is 139 cm³/mol. The van der Waals surface area contributed by atoms with Crippen molar-refractivity contribution >= 4 is 22.8 Å². The molecule has 1 N–H and O–H groups in total. The summed E-state index contributed by atoms with van der Waals surface area (Å²) in [4.78, 5) is 30.3. The summed E-state index contributed by atoms with van der Waals surface area (Å²) < 4.78 is 8.88. The highest BCUT2D eigenvalue weighted by Crippen LogP contribution is 2.38. The van der Waals surface area contributed by atoms with Gasteiger partial charge in [-0.2, -0.15) is 0 Å². The number of carbonyl (C=O) groups is 1. The molecule has 0 bridgehead atoms. The number of nitrogens with one attached hydrogen (secondary N) is 1. The number of aromatic nitrogens is 3. The Hall–Kier alpha value is -3.35. The molecule has 1 unspecified atom stereocenters. The van der Waals surface area contributed by atoms with Crippen LogP contribution in [0, 0.1) is 10.8 Å². The minimum Gasteiger partial charge on any atom is -0.445 e. The highest BCUT2D eigenvalue weighted by molar-refractivity contribution is 5.77. The molecule has 2 heterocycles. The van der Waals surface area contributed by atoms with Crippen LogP contribution in [0.15, 0.2) is 53.3 Å². The lowest BCUT2D eigenvalue weighted by atomic mass is 9.74. The Morgan fingerprint density at radius 2 is 1.89 bits per heavy atom. The van der Waals surface area contributed by atoms with Gasteiger partial charge in [-0.1, -0.05) is 71.0 Å². The van der Waals surface area contributed by atoms with Gasteiger partial charge in [0, 0.05) is 13.6 Å². The van der Waals surface area contributed by atoms with E-state index in [1.54, 1.807) is 16.2 Å². The van der Waals surface area contributed by atoms with Gasteiger partial charge >= 0.3 is 11.8 Å². The SMILES string of the molecule is Cn1c(=O)n(CC(C)(C)C)c2ccc(C3=CC(NC(=O)OCc4ccccc4)C(C)(C)CC3)nc21. The number of nitrogens with zero attached hydrogens (tertiary/aromatic N) is 3. The van der Waals surface area contributed by atoms with Crippen molar-refractivity contribution in [3.8, 4) is 0 Å². The van der Waals surface area contributed by atoms with Crippen molar-refractivity contribution in [2.45, 2.75) is 66.7 Å². The number of rotatable bonds is 5. The number of ether oxygens (including phenoxy) is 1. The Kier molecular flexibility index (Phi) is 6.62. The van der Waals surface area contributed by atoms with Gasteiger partial charge < -0.3 is 10.1 Å². The number of carbonyl (C=O) groups excluding carboxylic acids is 1. The molecule has 1 atom stereocenters. The Morgan fingerprint density at radius 1 is 1.17 bits per heavy atom. The molecule has 0 saturated carbocycles. The fourth-order valence-electron chi connectivity index (χ4n) is 4.54. The molecule has 0 fully saturated rings. The van der Waals surface area contributed by atoms with Crippen molar-refractivity contribution in [3.63, 3.8) is 0 Å². The lowest BCUT2D eigenvalue weighted by Crippen LogP contribution is -2.45.